The van der Waals surface area contributed by atoms with Gasteiger partial charge in [-0.2, -0.15) is 4.31 Å². The van der Waals surface area contributed by atoms with Crippen LogP contribution in [0.1, 0.15) is 13.3 Å². The highest BCUT2D eigenvalue weighted by Crippen LogP contribution is 2.31. The van der Waals surface area contributed by atoms with Gasteiger partial charge in [-0.05, 0) is 36.1 Å². The van der Waals surface area contributed by atoms with Crippen molar-refractivity contribution in [2.24, 2.45) is 0 Å². The molecule has 1 amide bonds. The third kappa shape index (κ3) is 5.01. The van der Waals surface area contributed by atoms with Gasteiger partial charge in [-0.25, -0.2) is 8.42 Å². The van der Waals surface area contributed by atoms with E-state index < -0.39 is 22.0 Å². The van der Waals surface area contributed by atoms with Crippen LogP contribution < -0.4 is 14.8 Å². The van der Waals surface area contributed by atoms with Gasteiger partial charge in [0, 0.05) is 18.5 Å². The minimum Gasteiger partial charge on any atom is -0.495 e. The van der Waals surface area contributed by atoms with E-state index in [1.807, 2.05) is 49.4 Å². The fourth-order valence-corrected chi connectivity index (χ4v) is 5.30. The van der Waals surface area contributed by atoms with Crippen molar-refractivity contribution in [3.63, 3.8) is 0 Å². The molecule has 0 aliphatic carbocycles. The van der Waals surface area contributed by atoms with Gasteiger partial charge >= 0.3 is 0 Å². The molecule has 1 unspecified atom stereocenters. The molecule has 0 radical (unpaired) electrons. The van der Waals surface area contributed by atoms with Gasteiger partial charge in [0.05, 0.1) is 30.9 Å². The molecule has 0 spiro atoms. The molecule has 1 aliphatic heterocycles. The molecule has 1 fully saturated rings. The average molecular weight is 485 g/mol. The van der Waals surface area contributed by atoms with Crippen molar-refractivity contribution in [2.75, 3.05) is 38.7 Å². The molecule has 1 heterocycles. The van der Waals surface area contributed by atoms with E-state index in [1.54, 1.807) is 0 Å². The van der Waals surface area contributed by atoms with Crippen molar-refractivity contribution >= 4 is 32.4 Å². The van der Waals surface area contributed by atoms with E-state index in [-0.39, 0.29) is 23.7 Å². The number of carbonyl (C=O) groups excluding carboxylic acids is 1. The number of morpholine rings is 1. The molecular weight excluding hydrogens is 456 g/mol. The van der Waals surface area contributed by atoms with Gasteiger partial charge in [-0.15, -0.1) is 0 Å². The van der Waals surface area contributed by atoms with E-state index in [0.29, 0.717) is 31.1 Å². The molecule has 1 saturated heterocycles. The summed E-state index contributed by atoms with van der Waals surface area (Å²) in [7, 11) is -2.27. The van der Waals surface area contributed by atoms with Crippen LogP contribution in [0, 0.1) is 0 Å². The predicted octanol–water partition coefficient (Wildman–Crippen LogP) is 3.67. The molecule has 4 rings (SSSR count). The standard InChI is InChI=1S/C25H28N2O6S/c1-3-22(33-23-10-6-8-18-7-4-5-9-20(18)23)25(28)26-21-17-19(11-12-24(21)31-2)34(29,30)27-13-15-32-16-14-27/h4-12,17,22H,3,13-16H2,1-2H3,(H,26,28). The molecule has 0 saturated carbocycles. The van der Waals surface area contributed by atoms with Crippen LogP contribution in [0.3, 0.4) is 0 Å². The summed E-state index contributed by atoms with van der Waals surface area (Å²) in [5.74, 6) is 0.569. The minimum absolute atomic E-state index is 0.0773. The Bertz CT molecular complexity index is 1270. The Morgan fingerprint density at radius 3 is 2.53 bits per heavy atom. The summed E-state index contributed by atoms with van der Waals surface area (Å²) in [5, 5.41) is 4.72. The lowest BCUT2D eigenvalue weighted by atomic mass is 10.1. The van der Waals surface area contributed by atoms with Crippen LogP contribution in [0.5, 0.6) is 11.5 Å². The van der Waals surface area contributed by atoms with E-state index in [1.165, 1.54) is 29.6 Å². The lowest BCUT2D eigenvalue weighted by Gasteiger charge is -2.26. The Kier molecular flexibility index (Phi) is 7.35. The highest BCUT2D eigenvalue weighted by atomic mass is 32.2. The van der Waals surface area contributed by atoms with E-state index in [9.17, 15) is 13.2 Å². The second kappa shape index (κ2) is 10.4. The maximum Gasteiger partial charge on any atom is 0.265 e. The largest absolute Gasteiger partial charge is 0.495 e. The Labute approximate surface area is 199 Å². The second-order valence-corrected chi connectivity index (χ2v) is 9.80. The summed E-state index contributed by atoms with van der Waals surface area (Å²) < 4.78 is 44.2. The Balaban J connectivity index is 1.57. The van der Waals surface area contributed by atoms with Crippen molar-refractivity contribution in [1.29, 1.82) is 0 Å². The molecule has 0 aromatic heterocycles. The molecule has 180 valence electrons. The molecule has 9 heteroatoms. The lowest BCUT2D eigenvalue weighted by Crippen LogP contribution is -2.40. The summed E-state index contributed by atoms with van der Waals surface area (Å²) in [6, 6.07) is 17.9. The number of amides is 1. The Hall–Kier alpha value is -3.14. The Morgan fingerprint density at radius 2 is 1.79 bits per heavy atom. The monoisotopic (exact) mass is 484 g/mol. The van der Waals surface area contributed by atoms with Gasteiger partial charge in [-0.3, -0.25) is 4.79 Å². The lowest BCUT2D eigenvalue weighted by molar-refractivity contribution is -0.122. The highest BCUT2D eigenvalue weighted by molar-refractivity contribution is 7.89. The van der Waals surface area contributed by atoms with Crippen LogP contribution in [0.2, 0.25) is 0 Å². The van der Waals surface area contributed by atoms with E-state index in [0.717, 1.165) is 10.8 Å². The second-order valence-electron chi connectivity index (χ2n) is 7.86. The molecule has 1 N–H and O–H groups in total. The summed E-state index contributed by atoms with van der Waals surface area (Å²) in [5.41, 5.74) is 0.266. The summed E-state index contributed by atoms with van der Waals surface area (Å²) >= 11 is 0. The zero-order valence-electron chi connectivity index (χ0n) is 19.2. The van der Waals surface area contributed by atoms with E-state index in [4.69, 9.17) is 14.2 Å². The number of sulfonamides is 1. The molecule has 0 bridgehead atoms. The quantitative estimate of drug-likeness (QED) is 0.524. The van der Waals surface area contributed by atoms with Crippen LogP contribution in [-0.4, -0.2) is 58.1 Å². The number of rotatable bonds is 8. The van der Waals surface area contributed by atoms with Crippen molar-refractivity contribution in [3.8, 4) is 11.5 Å². The molecule has 8 nitrogen and oxygen atoms in total. The first-order valence-corrected chi connectivity index (χ1v) is 12.6. The molecule has 3 aromatic carbocycles. The summed E-state index contributed by atoms with van der Waals surface area (Å²) in [6.45, 7) is 3.12. The van der Waals surface area contributed by atoms with Gasteiger partial charge in [0.25, 0.3) is 5.91 Å². The number of methoxy groups -OCH3 is 1. The SMILES string of the molecule is CCC(Oc1cccc2ccccc12)C(=O)Nc1cc(S(=O)(=O)N2CCOCC2)ccc1OC. The normalized spacial score (nSPS) is 15.6. The maximum atomic E-state index is 13.1. The van der Waals surface area contributed by atoms with Crippen LogP contribution in [0.25, 0.3) is 10.8 Å². The number of anilines is 1. The average Bonchev–Trinajstić information content (AvgIpc) is 2.87. The number of hydrogen-bond donors (Lipinski definition) is 1. The molecular formula is C25H28N2O6S. The first-order chi connectivity index (χ1) is 16.4. The zero-order valence-corrected chi connectivity index (χ0v) is 20.0. The molecule has 1 atom stereocenters. The molecule has 3 aromatic rings. The third-order valence-electron chi connectivity index (χ3n) is 5.72. The fourth-order valence-electron chi connectivity index (χ4n) is 3.87. The third-order valence-corrected chi connectivity index (χ3v) is 7.61. The first-order valence-electron chi connectivity index (χ1n) is 11.1. The van der Waals surface area contributed by atoms with Crippen molar-refractivity contribution in [2.45, 2.75) is 24.3 Å². The maximum absolute atomic E-state index is 13.1. The number of hydrogen-bond acceptors (Lipinski definition) is 6. The summed E-state index contributed by atoms with van der Waals surface area (Å²) in [4.78, 5) is 13.2. The number of benzene rings is 3. The van der Waals surface area contributed by atoms with Gasteiger partial charge < -0.3 is 19.5 Å². The smallest absolute Gasteiger partial charge is 0.265 e. The van der Waals surface area contributed by atoms with Crippen molar-refractivity contribution < 1.29 is 27.4 Å². The first kappa shape index (κ1) is 24.0. The topological polar surface area (TPSA) is 94.2 Å². The van der Waals surface area contributed by atoms with Crippen molar-refractivity contribution in [1.82, 2.24) is 4.31 Å². The highest BCUT2D eigenvalue weighted by Gasteiger charge is 2.28. The number of nitrogens with zero attached hydrogens (tertiary/aromatic N) is 1. The fraction of sp³-hybridized carbons (Fsp3) is 0.320. The molecule has 34 heavy (non-hydrogen) atoms. The van der Waals surface area contributed by atoms with Crippen LogP contribution >= 0.6 is 0 Å². The zero-order chi connectivity index (χ0) is 24.1. The van der Waals surface area contributed by atoms with Crippen LogP contribution in [0.15, 0.2) is 65.6 Å². The van der Waals surface area contributed by atoms with Crippen LogP contribution in [0.4, 0.5) is 5.69 Å². The van der Waals surface area contributed by atoms with Gasteiger partial charge in [0.1, 0.15) is 11.5 Å². The molecule has 1 aliphatic rings. The Morgan fingerprint density at radius 1 is 1.06 bits per heavy atom. The van der Waals surface area contributed by atoms with Gasteiger partial charge in [0.15, 0.2) is 6.10 Å². The van der Waals surface area contributed by atoms with Gasteiger partial charge in [-0.1, -0.05) is 43.3 Å². The predicted molar refractivity (Wildman–Crippen MR) is 130 cm³/mol. The summed E-state index contributed by atoms with van der Waals surface area (Å²) in [6.07, 6.45) is -0.363. The van der Waals surface area contributed by atoms with E-state index >= 15 is 0 Å². The number of fused-ring (bicyclic) bond motifs is 1. The number of carbonyl (C=O) groups is 1. The number of ether oxygens (including phenoxy) is 3. The minimum atomic E-state index is -3.73. The van der Waals surface area contributed by atoms with Crippen molar-refractivity contribution in [3.05, 3.63) is 60.7 Å². The van der Waals surface area contributed by atoms with Crippen LogP contribution in [-0.2, 0) is 19.6 Å². The number of nitrogens with one attached hydrogen (secondary N) is 1. The van der Waals surface area contributed by atoms with Gasteiger partial charge in [0.2, 0.25) is 10.0 Å². The van der Waals surface area contributed by atoms with E-state index in [2.05, 4.69) is 5.32 Å².